The Balaban J connectivity index is 1.92. The fourth-order valence-electron chi connectivity index (χ4n) is 3.07. The lowest BCUT2D eigenvalue weighted by Gasteiger charge is -2.24. The van der Waals surface area contributed by atoms with Gasteiger partial charge in [-0.15, -0.1) is 0 Å². The number of nitrogens with one attached hydrogen (secondary N) is 1. The molecule has 3 nitrogen and oxygen atoms in total. The molecule has 3 heteroatoms. The quantitative estimate of drug-likeness (QED) is 0.912. The summed E-state index contributed by atoms with van der Waals surface area (Å²) in [5, 5.41) is 3.45. The van der Waals surface area contributed by atoms with Crippen molar-refractivity contribution in [2.24, 2.45) is 5.92 Å². The predicted molar refractivity (Wildman–Crippen MR) is 79.3 cm³/mol. The molecule has 1 aliphatic heterocycles. The number of hydrogen-bond donors (Lipinski definition) is 1. The lowest BCUT2D eigenvalue weighted by molar-refractivity contribution is 0.333. The van der Waals surface area contributed by atoms with Gasteiger partial charge in [0.2, 0.25) is 0 Å². The van der Waals surface area contributed by atoms with Gasteiger partial charge in [-0.2, -0.15) is 0 Å². The first-order valence-electron chi connectivity index (χ1n) is 7.53. The molecule has 0 unspecified atom stereocenters. The zero-order valence-electron chi connectivity index (χ0n) is 11.7. The highest BCUT2D eigenvalue weighted by atomic mass is 15.1. The SMILES string of the molecule is CCCc1nc2ccccc2n1CC1CCNCC1. The molecule has 0 radical (unpaired) electrons. The number of aromatic nitrogens is 2. The van der Waals surface area contributed by atoms with Crippen LogP contribution in [0.15, 0.2) is 24.3 Å². The van der Waals surface area contributed by atoms with E-state index in [1.54, 1.807) is 0 Å². The Morgan fingerprint density at radius 1 is 1.26 bits per heavy atom. The summed E-state index contributed by atoms with van der Waals surface area (Å²) in [4.78, 5) is 4.82. The molecular formula is C16H23N3. The van der Waals surface area contributed by atoms with E-state index in [0.29, 0.717) is 0 Å². The second kappa shape index (κ2) is 5.74. The molecule has 1 saturated heterocycles. The van der Waals surface area contributed by atoms with E-state index in [-0.39, 0.29) is 0 Å². The number of aryl methyl sites for hydroxylation is 1. The molecule has 1 aromatic carbocycles. The number of imidazole rings is 1. The maximum atomic E-state index is 4.82. The highest BCUT2D eigenvalue weighted by molar-refractivity contribution is 5.75. The Kier molecular flexibility index (Phi) is 3.83. The molecule has 0 aliphatic carbocycles. The Labute approximate surface area is 115 Å². The van der Waals surface area contributed by atoms with Crippen LogP contribution in [0.2, 0.25) is 0 Å². The average molecular weight is 257 g/mol. The van der Waals surface area contributed by atoms with Gasteiger partial charge in [0.15, 0.2) is 0 Å². The van der Waals surface area contributed by atoms with Crippen molar-refractivity contribution in [3.05, 3.63) is 30.1 Å². The van der Waals surface area contributed by atoms with E-state index in [4.69, 9.17) is 4.98 Å². The second-order valence-electron chi connectivity index (χ2n) is 5.57. The van der Waals surface area contributed by atoms with Gasteiger partial charge in [0.1, 0.15) is 5.82 Å². The van der Waals surface area contributed by atoms with Gasteiger partial charge in [-0.1, -0.05) is 19.1 Å². The summed E-state index contributed by atoms with van der Waals surface area (Å²) < 4.78 is 2.47. The van der Waals surface area contributed by atoms with Gasteiger partial charge in [-0.3, -0.25) is 0 Å². The zero-order chi connectivity index (χ0) is 13.1. The largest absolute Gasteiger partial charge is 0.328 e. The molecule has 1 N–H and O–H groups in total. The lowest BCUT2D eigenvalue weighted by atomic mass is 9.98. The Morgan fingerprint density at radius 2 is 2.05 bits per heavy atom. The molecule has 0 atom stereocenters. The smallest absolute Gasteiger partial charge is 0.109 e. The van der Waals surface area contributed by atoms with Crippen LogP contribution in [0.5, 0.6) is 0 Å². The van der Waals surface area contributed by atoms with Crippen LogP contribution in [-0.2, 0) is 13.0 Å². The molecular weight excluding hydrogens is 234 g/mol. The number of hydrogen-bond acceptors (Lipinski definition) is 2. The third-order valence-electron chi connectivity index (χ3n) is 4.11. The zero-order valence-corrected chi connectivity index (χ0v) is 11.7. The Hall–Kier alpha value is -1.35. The molecule has 0 saturated carbocycles. The second-order valence-corrected chi connectivity index (χ2v) is 5.57. The first-order chi connectivity index (χ1) is 9.38. The van der Waals surface area contributed by atoms with Crippen molar-refractivity contribution in [3.63, 3.8) is 0 Å². The summed E-state index contributed by atoms with van der Waals surface area (Å²) in [5.74, 6) is 2.07. The first kappa shape index (κ1) is 12.7. The number of para-hydroxylation sites is 2. The monoisotopic (exact) mass is 257 g/mol. The summed E-state index contributed by atoms with van der Waals surface area (Å²) in [6, 6.07) is 8.55. The summed E-state index contributed by atoms with van der Waals surface area (Å²) in [6.07, 6.45) is 4.82. The van der Waals surface area contributed by atoms with Crippen LogP contribution in [-0.4, -0.2) is 22.6 Å². The molecule has 0 spiro atoms. The molecule has 1 fully saturated rings. The molecule has 0 amide bonds. The minimum absolute atomic E-state index is 0.800. The van der Waals surface area contributed by atoms with Crippen LogP contribution in [0.25, 0.3) is 11.0 Å². The number of rotatable bonds is 4. The topological polar surface area (TPSA) is 29.9 Å². The van der Waals surface area contributed by atoms with Gasteiger partial charge in [0.05, 0.1) is 11.0 Å². The summed E-state index contributed by atoms with van der Waals surface area (Å²) in [5.41, 5.74) is 2.46. The maximum absolute atomic E-state index is 4.82. The summed E-state index contributed by atoms with van der Waals surface area (Å²) in [7, 11) is 0. The third-order valence-corrected chi connectivity index (χ3v) is 4.11. The summed E-state index contributed by atoms with van der Waals surface area (Å²) >= 11 is 0. The van der Waals surface area contributed by atoms with E-state index in [2.05, 4.69) is 41.1 Å². The van der Waals surface area contributed by atoms with Gasteiger partial charge >= 0.3 is 0 Å². The molecule has 102 valence electrons. The number of benzene rings is 1. The Bertz CT molecular complexity index is 538. The van der Waals surface area contributed by atoms with Crippen molar-refractivity contribution in [2.75, 3.05) is 13.1 Å². The van der Waals surface area contributed by atoms with Crippen molar-refractivity contribution in [3.8, 4) is 0 Å². The molecule has 2 aromatic rings. The highest BCUT2D eigenvalue weighted by Crippen LogP contribution is 2.22. The first-order valence-corrected chi connectivity index (χ1v) is 7.53. The predicted octanol–water partition coefficient (Wildman–Crippen LogP) is 2.99. The van der Waals surface area contributed by atoms with E-state index in [1.807, 2.05) is 0 Å². The lowest BCUT2D eigenvalue weighted by Crippen LogP contribution is -2.30. The molecule has 2 heterocycles. The third kappa shape index (κ3) is 2.66. The van der Waals surface area contributed by atoms with E-state index in [1.165, 1.54) is 37.3 Å². The molecule has 1 aliphatic rings. The van der Waals surface area contributed by atoms with Crippen LogP contribution in [0.1, 0.15) is 32.0 Å². The van der Waals surface area contributed by atoms with Gasteiger partial charge < -0.3 is 9.88 Å². The maximum Gasteiger partial charge on any atom is 0.109 e. The summed E-state index contributed by atoms with van der Waals surface area (Å²) in [6.45, 7) is 5.70. The van der Waals surface area contributed by atoms with Crippen LogP contribution in [0.4, 0.5) is 0 Å². The van der Waals surface area contributed by atoms with Crippen LogP contribution in [0.3, 0.4) is 0 Å². The van der Waals surface area contributed by atoms with Crippen molar-refractivity contribution in [1.82, 2.24) is 14.9 Å². The van der Waals surface area contributed by atoms with E-state index >= 15 is 0 Å². The number of fused-ring (bicyclic) bond motifs is 1. The molecule has 1 aromatic heterocycles. The van der Waals surface area contributed by atoms with Gasteiger partial charge in [0.25, 0.3) is 0 Å². The molecule has 3 rings (SSSR count). The van der Waals surface area contributed by atoms with E-state index < -0.39 is 0 Å². The van der Waals surface area contributed by atoms with Crippen molar-refractivity contribution in [1.29, 1.82) is 0 Å². The van der Waals surface area contributed by atoms with Gasteiger partial charge in [-0.05, 0) is 50.4 Å². The Morgan fingerprint density at radius 3 is 2.84 bits per heavy atom. The van der Waals surface area contributed by atoms with E-state index in [9.17, 15) is 0 Å². The number of nitrogens with zero attached hydrogens (tertiary/aromatic N) is 2. The fourth-order valence-corrected chi connectivity index (χ4v) is 3.07. The van der Waals surface area contributed by atoms with Gasteiger partial charge in [-0.25, -0.2) is 4.98 Å². The minimum atomic E-state index is 0.800. The van der Waals surface area contributed by atoms with Crippen molar-refractivity contribution >= 4 is 11.0 Å². The highest BCUT2D eigenvalue weighted by Gasteiger charge is 2.17. The minimum Gasteiger partial charge on any atom is -0.328 e. The molecule has 19 heavy (non-hydrogen) atoms. The average Bonchev–Trinajstić information content (AvgIpc) is 2.79. The van der Waals surface area contributed by atoms with Crippen LogP contribution >= 0.6 is 0 Å². The number of piperidine rings is 1. The van der Waals surface area contributed by atoms with Crippen molar-refractivity contribution in [2.45, 2.75) is 39.2 Å². The van der Waals surface area contributed by atoms with Crippen LogP contribution < -0.4 is 5.32 Å². The molecule has 0 bridgehead atoms. The van der Waals surface area contributed by atoms with Gasteiger partial charge in [0, 0.05) is 13.0 Å². The van der Waals surface area contributed by atoms with Crippen LogP contribution in [0, 0.1) is 5.92 Å². The van der Waals surface area contributed by atoms with E-state index in [0.717, 1.165) is 30.8 Å². The normalized spacial score (nSPS) is 17.1. The van der Waals surface area contributed by atoms with Crippen molar-refractivity contribution < 1.29 is 0 Å². The fraction of sp³-hybridized carbons (Fsp3) is 0.562. The standard InChI is InChI=1S/C16H23N3/c1-2-5-16-18-14-6-3-4-7-15(14)19(16)12-13-8-10-17-11-9-13/h3-4,6-7,13,17H,2,5,8-12H2,1H3.